The number of aromatic nitrogens is 1. The normalized spacial score (nSPS) is 16.0. The van der Waals surface area contributed by atoms with Gasteiger partial charge in [-0.3, -0.25) is 4.98 Å². The van der Waals surface area contributed by atoms with Crippen LogP contribution in [0.15, 0.2) is 30.5 Å². The molecule has 1 heterocycles. The van der Waals surface area contributed by atoms with Crippen LogP contribution in [0.5, 0.6) is 5.75 Å². The quantitative estimate of drug-likeness (QED) is 0.869. The highest BCUT2D eigenvalue weighted by atomic mass is 16.5. The van der Waals surface area contributed by atoms with Crippen molar-refractivity contribution < 1.29 is 4.74 Å². The lowest BCUT2D eigenvalue weighted by atomic mass is 9.87. The Bertz CT molecular complexity index is 591. The van der Waals surface area contributed by atoms with Crippen LogP contribution in [0.4, 0.5) is 5.69 Å². The molecule has 3 heteroatoms. The van der Waals surface area contributed by atoms with Gasteiger partial charge in [0.1, 0.15) is 5.75 Å². The zero-order valence-corrected chi connectivity index (χ0v) is 12.8. The summed E-state index contributed by atoms with van der Waals surface area (Å²) in [5.74, 6) is 1.78. The molecule has 0 unspecified atom stereocenters. The van der Waals surface area contributed by atoms with Crippen LogP contribution in [0.25, 0.3) is 10.9 Å². The lowest BCUT2D eigenvalue weighted by Gasteiger charge is -2.21. The molecule has 1 aromatic carbocycles. The van der Waals surface area contributed by atoms with Gasteiger partial charge in [0.25, 0.3) is 0 Å². The van der Waals surface area contributed by atoms with E-state index >= 15 is 0 Å². The first-order valence-electron chi connectivity index (χ1n) is 8.03. The Morgan fingerprint density at radius 1 is 1.24 bits per heavy atom. The summed E-state index contributed by atoms with van der Waals surface area (Å²) < 4.78 is 5.39. The lowest BCUT2D eigenvalue weighted by molar-refractivity contribution is 0.345. The Morgan fingerprint density at radius 2 is 2.10 bits per heavy atom. The highest BCUT2D eigenvalue weighted by Gasteiger charge is 2.13. The second-order valence-corrected chi connectivity index (χ2v) is 5.97. The minimum atomic E-state index is 0.885. The summed E-state index contributed by atoms with van der Waals surface area (Å²) in [4.78, 5) is 4.50. The summed E-state index contributed by atoms with van der Waals surface area (Å²) in [5.41, 5.74) is 2.11. The molecule has 0 radical (unpaired) electrons. The molecule has 0 bridgehead atoms. The molecule has 0 saturated heterocycles. The molecule has 1 fully saturated rings. The molecule has 0 amide bonds. The van der Waals surface area contributed by atoms with Crippen LogP contribution in [0.3, 0.4) is 0 Å². The maximum Gasteiger partial charge on any atom is 0.121 e. The highest BCUT2D eigenvalue weighted by molar-refractivity contribution is 5.91. The molecule has 1 aliphatic carbocycles. The third kappa shape index (κ3) is 3.46. The van der Waals surface area contributed by atoms with Crippen molar-refractivity contribution in [2.24, 2.45) is 5.92 Å². The van der Waals surface area contributed by atoms with E-state index < -0.39 is 0 Å². The van der Waals surface area contributed by atoms with E-state index in [0.29, 0.717) is 0 Å². The number of nitrogens with zero attached hydrogens (tertiary/aromatic N) is 1. The van der Waals surface area contributed by atoms with Crippen molar-refractivity contribution in [2.75, 3.05) is 19.0 Å². The highest BCUT2D eigenvalue weighted by Crippen LogP contribution is 2.29. The Morgan fingerprint density at radius 3 is 2.90 bits per heavy atom. The van der Waals surface area contributed by atoms with E-state index in [1.165, 1.54) is 38.5 Å². The van der Waals surface area contributed by atoms with Crippen LogP contribution in [-0.4, -0.2) is 18.6 Å². The molecule has 21 heavy (non-hydrogen) atoms. The van der Waals surface area contributed by atoms with Gasteiger partial charge < -0.3 is 10.1 Å². The zero-order chi connectivity index (χ0) is 14.5. The van der Waals surface area contributed by atoms with Crippen LogP contribution in [0.1, 0.15) is 38.5 Å². The molecule has 1 aliphatic rings. The third-order valence-corrected chi connectivity index (χ3v) is 4.51. The summed E-state index contributed by atoms with van der Waals surface area (Å²) >= 11 is 0. The number of rotatable bonds is 5. The van der Waals surface area contributed by atoms with Gasteiger partial charge in [0, 0.05) is 24.2 Å². The number of nitrogens with one attached hydrogen (secondary N) is 1. The van der Waals surface area contributed by atoms with E-state index in [-0.39, 0.29) is 0 Å². The smallest absolute Gasteiger partial charge is 0.121 e. The second kappa shape index (κ2) is 6.79. The molecular weight excluding hydrogens is 260 g/mol. The fourth-order valence-electron chi connectivity index (χ4n) is 3.30. The lowest BCUT2D eigenvalue weighted by Crippen LogP contribution is -2.12. The van der Waals surface area contributed by atoms with E-state index in [2.05, 4.69) is 22.4 Å². The minimum absolute atomic E-state index is 0.885. The van der Waals surface area contributed by atoms with E-state index in [1.807, 2.05) is 18.3 Å². The van der Waals surface area contributed by atoms with Gasteiger partial charge in [-0.15, -0.1) is 0 Å². The number of hydrogen-bond acceptors (Lipinski definition) is 3. The SMILES string of the molecule is COc1cc(NCCC2CCCCC2)c2ncccc2c1. The number of ether oxygens (including phenoxy) is 1. The van der Waals surface area contributed by atoms with Crippen LogP contribution < -0.4 is 10.1 Å². The van der Waals surface area contributed by atoms with Gasteiger partial charge in [0.2, 0.25) is 0 Å². The molecule has 1 aromatic heterocycles. The molecule has 3 nitrogen and oxygen atoms in total. The van der Waals surface area contributed by atoms with E-state index in [4.69, 9.17) is 4.74 Å². The fraction of sp³-hybridized carbons (Fsp3) is 0.500. The molecule has 1 N–H and O–H groups in total. The first-order valence-corrected chi connectivity index (χ1v) is 8.03. The molecule has 112 valence electrons. The summed E-state index contributed by atoms with van der Waals surface area (Å²) in [6, 6.07) is 8.13. The maximum absolute atomic E-state index is 5.39. The Labute approximate surface area is 126 Å². The molecule has 0 atom stereocenters. The van der Waals surface area contributed by atoms with Crippen molar-refractivity contribution >= 4 is 16.6 Å². The van der Waals surface area contributed by atoms with Crippen molar-refractivity contribution in [3.8, 4) is 5.75 Å². The average molecular weight is 284 g/mol. The fourth-order valence-corrected chi connectivity index (χ4v) is 3.30. The molecule has 3 rings (SSSR count). The zero-order valence-electron chi connectivity index (χ0n) is 12.8. The van der Waals surface area contributed by atoms with Gasteiger partial charge in [-0.25, -0.2) is 0 Å². The Balaban J connectivity index is 1.70. The predicted molar refractivity (Wildman–Crippen MR) is 88.0 cm³/mol. The minimum Gasteiger partial charge on any atom is -0.497 e. The number of hydrogen-bond donors (Lipinski definition) is 1. The molecule has 0 aliphatic heterocycles. The van der Waals surface area contributed by atoms with Gasteiger partial charge in [0.15, 0.2) is 0 Å². The van der Waals surface area contributed by atoms with Crippen molar-refractivity contribution in [3.05, 3.63) is 30.5 Å². The number of benzene rings is 1. The molecular formula is C18H24N2O. The number of anilines is 1. The van der Waals surface area contributed by atoms with Crippen molar-refractivity contribution in [1.29, 1.82) is 0 Å². The van der Waals surface area contributed by atoms with Gasteiger partial charge in [-0.2, -0.15) is 0 Å². The predicted octanol–water partition coefficient (Wildman–Crippen LogP) is 4.63. The van der Waals surface area contributed by atoms with Crippen molar-refractivity contribution in [3.63, 3.8) is 0 Å². The second-order valence-electron chi connectivity index (χ2n) is 5.97. The largest absolute Gasteiger partial charge is 0.497 e. The first-order chi connectivity index (χ1) is 10.4. The van der Waals surface area contributed by atoms with Crippen LogP contribution >= 0.6 is 0 Å². The van der Waals surface area contributed by atoms with Gasteiger partial charge >= 0.3 is 0 Å². The standard InChI is InChI=1S/C18H24N2O/c1-21-16-12-15-8-5-10-20-18(15)17(13-16)19-11-9-14-6-3-2-4-7-14/h5,8,10,12-14,19H,2-4,6-7,9,11H2,1H3. The van der Waals surface area contributed by atoms with Gasteiger partial charge in [-0.1, -0.05) is 38.2 Å². The summed E-state index contributed by atoms with van der Waals surface area (Å²) in [7, 11) is 1.71. The van der Waals surface area contributed by atoms with E-state index in [1.54, 1.807) is 7.11 Å². The summed E-state index contributed by atoms with van der Waals surface area (Å²) in [5, 5.41) is 4.69. The Kier molecular flexibility index (Phi) is 4.59. The molecule has 2 aromatic rings. The van der Waals surface area contributed by atoms with E-state index in [9.17, 15) is 0 Å². The topological polar surface area (TPSA) is 34.1 Å². The molecule has 1 saturated carbocycles. The van der Waals surface area contributed by atoms with Crippen LogP contribution in [0, 0.1) is 5.92 Å². The van der Waals surface area contributed by atoms with Gasteiger partial charge in [0.05, 0.1) is 18.3 Å². The number of fused-ring (bicyclic) bond motifs is 1. The van der Waals surface area contributed by atoms with Crippen molar-refractivity contribution in [2.45, 2.75) is 38.5 Å². The summed E-state index contributed by atoms with van der Waals surface area (Å²) in [6.07, 6.45) is 10.2. The molecule has 0 spiro atoms. The maximum atomic E-state index is 5.39. The van der Waals surface area contributed by atoms with E-state index in [0.717, 1.165) is 34.8 Å². The van der Waals surface area contributed by atoms with Crippen LogP contribution in [-0.2, 0) is 0 Å². The summed E-state index contributed by atoms with van der Waals surface area (Å²) in [6.45, 7) is 1.02. The first kappa shape index (κ1) is 14.2. The van der Waals surface area contributed by atoms with Crippen LogP contribution in [0.2, 0.25) is 0 Å². The average Bonchev–Trinajstić information content (AvgIpc) is 2.55. The third-order valence-electron chi connectivity index (χ3n) is 4.51. The van der Waals surface area contributed by atoms with Gasteiger partial charge in [-0.05, 0) is 24.5 Å². The number of pyridine rings is 1. The monoisotopic (exact) mass is 284 g/mol. The number of methoxy groups -OCH3 is 1. The van der Waals surface area contributed by atoms with Crippen molar-refractivity contribution in [1.82, 2.24) is 4.98 Å². The Hall–Kier alpha value is -1.77.